The number of alkyl halides is 6. The molecule has 0 unspecified atom stereocenters. The van der Waals surface area contributed by atoms with Crippen molar-refractivity contribution >= 4 is 5.82 Å². The Morgan fingerprint density at radius 1 is 1.06 bits per heavy atom. The van der Waals surface area contributed by atoms with E-state index in [1.807, 2.05) is 4.57 Å². The minimum Gasteiger partial charge on any atom is -0.383 e. The van der Waals surface area contributed by atoms with E-state index in [0.717, 1.165) is 31.2 Å². The molecule has 1 aliphatic heterocycles. The van der Waals surface area contributed by atoms with Crippen molar-refractivity contribution in [3.63, 3.8) is 0 Å². The molecule has 2 saturated carbocycles. The van der Waals surface area contributed by atoms with Gasteiger partial charge in [0.15, 0.2) is 0 Å². The van der Waals surface area contributed by atoms with Gasteiger partial charge in [-0.15, -0.1) is 0 Å². The number of pyridine rings is 1. The minimum absolute atomic E-state index is 0.0447. The number of halogens is 6. The minimum atomic E-state index is -4.62. The van der Waals surface area contributed by atoms with Crippen LogP contribution in [0.15, 0.2) is 18.5 Å². The lowest BCUT2D eigenvalue weighted by Crippen LogP contribution is -2.34. The summed E-state index contributed by atoms with van der Waals surface area (Å²) in [5.74, 6) is 0.917. The van der Waals surface area contributed by atoms with Crippen LogP contribution in [0.2, 0.25) is 0 Å². The van der Waals surface area contributed by atoms with Crippen LogP contribution < -0.4 is 5.73 Å². The molecule has 2 N–H and O–H groups in total. The molecule has 5 nitrogen and oxygen atoms in total. The van der Waals surface area contributed by atoms with E-state index in [4.69, 9.17) is 5.73 Å². The molecule has 5 rings (SSSR count). The molecule has 1 saturated heterocycles. The number of aromatic nitrogens is 3. The number of hydrogen-bond donors (Lipinski definition) is 1. The van der Waals surface area contributed by atoms with Gasteiger partial charge in [-0.3, -0.25) is 4.90 Å². The SMILES string of the molecule is Nc1ncc(-c2cn([C@H]3[C@@H]4CN(CC(F)(F)F)C[C@@H]43)c(CC3CC3)n2)cc1C(F)(F)F. The fraction of sp³-hybridized carbons (Fsp3) is 0.600. The van der Waals surface area contributed by atoms with Crippen molar-refractivity contribution in [1.82, 2.24) is 19.4 Å². The van der Waals surface area contributed by atoms with Crippen LogP contribution >= 0.6 is 0 Å². The number of piperidine rings is 1. The quantitative estimate of drug-likeness (QED) is 0.703. The van der Waals surface area contributed by atoms with Gasteiger partial charge >= 0.3 is 12.4 Å². The second-order valence-electron chi connectivity index (χ2n) is 8.88. The molecule has 0 spiro atoms. The first kappa shape index (κ1) is 20.6. The number of fused-ring (bicyclic) bond motifs is 1. The predicted octanol–water partition coefficient (Wildman–Crippen LogP) is 4.16. The van der Waals surface area contributed by atoms with E-state index in [-0.39, 0.29) is 23.4 Å². The van der Waals surface area contributed by atoms with Crippen molar-refractivity contribution < 1.29 is 26.3 Å². The molecule has 0 radical (unpaired) electrons. The average molecular weight is 445 g/mol. The summed E-state index contributed by atoms with van der Waals surface area (Å²) in [4.78, 5) is 9.71. The van der Waals surface area contributed by atoms with Gasteiger partial charge in [-0.2, -0.15) is 26.3 Å². The van der Waals surface area contributed by atoms with Crippen LogP contribution in [0.4, 0.5) is 32.2 Å². The van der Waals surface area contributed by atoms with Gasteiger partial charge in [0.2, 0.25) is 0 Å². The first-order chi connectivity index (χ1) is 14.5. The third-order valence-corrected chi connectivity index (χ3v) is 6.45. The third kappa shape index (κ3) is 4.11. The van der Waals surface area contributed by atoms with E-state index >= 15 is 0 Å². The number of nitrogens with zero attached hydrogens (tertiary/aromatic N) is 4. The molecule has 2 aliphatic carbocycles. The summed E-state index contributed by atoms with van der Waals surface area (Å²) >= 11 is 0. The van der Waals surface area contributed by atoms with Gasteiger partial charge in [0.1, 0.15) is 11.6 Å². The summed E-state index contributed by atoms with van der Waals surface area (Å²) in [5, 5.41) is 0. The normalized spacial score (nSPS) is 26.3. The van der Waals surface area contributed by atoms with Crippen LogP contribution in [0.5, 0.6) is 0 Å². The van der Waals surface area contributed by atoms with Crippen molar-refractivity contribution in [1.29, 1.82) is 0 Å². The number of hydrogen-bond acceptors (Lipinski definition) is 4. The molecular weight excluding hydrogens is 424 g/mol. The van der Waals surface area contributed by atoms with Crippen LogP contribution in [-0.4, -0.2) is 45.2 Å². The van der Waals surface area contributed by atoms with Crippen molar-refractivity contribution in [2.45, 2.75) is 37.7 Å². The van der Waals surface area contributed by atoms with Crippen LogP contribution in [0.25, 0.3) is 11.3 Å². The Morgan fingerprint density at radius 3 is 2.32 bits per heavy atom. The molecule has 0 amide bonds. The zero-order valence-corrected chi connectivity index (χ0v) is 16.4. The maximum atomic E-state index is 13.2. The molecule has 31 heavy (non-hydrogen) atoms. The summed E-state index contributed by atoms with van der Waals surface area (Å²) < 4.78 is 79.7. The van der Waals surface area contributed by atoms with E-state index in [1.54, 1.807) is 6.20 Å². The number of anilines is 1. The van der Waals surface area contributed by atoms with Gasteiger partial charge in [0, 0.05) is 43.5 Å². The monoisotopic (exact) mass is 445 g/mol. The lowest BCUT2D eigenvalue weighted by molar-refractivity contribution is -0.144. The van der Waals surface area contributed by atoms with Crippen LogP contribution in [0, 0.1) is 17.8 Å². The van der Waals surface area contributed by atoms with Gasteiger partial charge in [0.25, 0.3) is 0 Å². The fourth-order valence-electron chi connectivity index (χ4n) is 4.78. The van der Waals surface area contributed by atoms with Gasteiger partial charge < -0.3 is 10.3 Å². The van der Waals surface area contributed by atoms with E-state index in [2.05, 4.69) is 9.97 Å². The Kier molecular flexibility index (Phi) is 4.55. The van der Waals surface area contributed by atoms with Gasteiger partial charge in [-0.25, -0.2) is 9.97 Å². The van der Waals surface area contributed by atoms with Crippen molar-refractivity contribution in [3.05, 3.63) is 29.8 Å². The van der Waals surface area contributed by atoms with Crippen LogP contribution in [0.1, 0.15) is 30.3 Å². The van der Waals surface area contributed by atoms with E-state index in [0.29, 0.717) is 24.7 Å². The molecule has 2 aromatic heterocycles. The van der Waals surface area contributed by atoms with Gasteiger partial charge in [-0.05, 0) is 36.7 Å². The standard InChI is InChI=1S/C20H21F6N5/c21-19(22,23)9-30-6-12-13(7-30)17(12)31-8-15(29-16(31)3-10-1-2-10)11-4-14(20(24,25)26)18(27)28-5-11/h4-5,8,10,12-13,17H,1-3,6-7,9H2,(H2,27,28)/t12-,13+,17+. The van der Waals surface area contributed by atoms with Crippen molar-refractivity contribution in [2.24, 2.45) is 17.8 Å². The maximum Gasteiger partial charge on any atom is 0.419 e. The largest absolute Gasteiger partial charge is 0.419 e. The Labute approximate surface area is 174 Å². The number of nitrogen functional groups attached to an aromatic ring is 1. The second-order valence-corrected chi connectivity index (χ2v) is 8.88. The summed E-state index contributed by atoms with van der Waals surface area (Å²) in [6.07, 6.45) is -2.96. The van der Waals surface area contributed by atoms with Crippen LogP contribution in [0.3, 0.4) is 0 Å². The Bertz CT molecular complexity index is 981. The maximum absolute atomic E-state index is 13.2. The predicted molar refractivity (Wildman–Crippen MR) is 99.8 cm³/mol. The summed E-state index contributed by atoms with van der Waals surface area (Å²) in [6, 6.07) is 0.998. The molecule has 3 aliphatic rings. The van der Waals surface area contributed by atoms with Gasteiger partial charge in [-0.1, -0.05) is 0 Å². The highest BCUT2D eigenvalue weighted by molar-refractivity contribution is 5.62. The molecule has 3 fully saturated rings. The molecular formula is C20H21F6N5. The Morgan fingerprint density at radius 2 is 1.74 bits per heavy atom. The topological polar surface area (TPSA) is 60.0 Å². The first-order valence-corrected chi connectivity index (χ1v) is 10.2. The summed E-state index contributed by atoms with van der Waals surface area (Å²) in [6.45, 7) is -0.173. The highest BCUT2D eigenvalue weighted by Crippen LogP contribution is 2.56. The fourth-order valence-corrected chi connectivity index (χ4v) is 4.78. The van der Waals surface area contributed by atoms with Crippen molar-refractivity contribution in [2.75, 3.05) is 25.4 Å². The third-order valence-electron chi connectivity index (χ3n) is 6.45. The smallest absolute Gasteiger partial charge is 0.383 e. The lowest BCUT2D eigenvalue weighted by Gasteiger charge is -2.21. The average Bonchev–Trinajstić information content (AvgIpc) is 3.49. The molecule has 3 atom stereocenters. The molecule has 0 aromatic carbocycles. The highest BCUT2D eigenvalue weighted by atomic mass is 19.4. The molecule has 2 aromatic rings. The Balaban J connectivity index is 1.40. The van der Waals surface area contributed by atoms with Gasteiger partial charge in [0.05, 0.1) is 17.8 Å². The number of likely N-dealkylation sites (tertiary alicyclic amines) is 1. The highest BCUT2D eigenvalue weighted by Gasteiger charge is 2.58. The summed E-state index contributed by atoms with van der Waals surface area (Å²) in [7, 11) is 0. The molecule has 3 heterocycles. The Hall–Kier alpha value is -2.30. The van der Waals surface area contributed by atoms with E-state index in [9.17, 15) is 26.3 Å². The zero-order chi connectivity index (χ0) is 22.1. The van der Waals surface area contributed by atoms with E-state index in [1.165, 1.54) is 11.1 Å². The number of imidazole rings is 1. The molecule has 168 valence electrons. The van der Waals surface area contributed by atoms with E-state index < -0.39 is 30.3 Å². The summed E-state index contributed by atoms with van der Waals surface area (Å²) in [5.41, 5.74) is 5.00. The van der Waals surface area contributed by atoms with Crippen molar-refractivity contribution in [3.8, 4) is 11.3 Å². The second kappa shape index (κ2) is 6.85. The zero-order valence-electron chi connectivity index (χ0n) is 16.4. The number of nitrogens with two attached hydrogens (primary N) is 1. The molecule has 11 heteroatoms. The lowest BCUT2D eigenvalue weighted by atomic mass is 10.1. The van der Waals surface area contributed by atoms with Crippen LogP contribution in [-0.2, 0) is 12.6 Å². The first-order valence-electron chi connectivity index (χ1n) is 10.2. The molecule has 0 bridgehead atoms. The number of rotatable bonds is 5.